The maximum absolute atomic E-state index is 12.0. The lowest BCUT2D eigenvalue weighted by molar-refractivity contribution is -0.143. The Hall–Kier alpha value is -1.93. The number of nitrogens with two attached hydrogens (primary N) is 1. The Labute approximate surface area is 122 Å². The first-order valence-corrected chi connectivity index (χ1v) is 6.90. The number of nitrogens with one attached hydrogen (secondary N) is 1. The molecule has 8 nitrogen and oxygen atoms in total. The van der Waals surface area contributed by atoms with Crippen LogP contribution in [0.1, 0.15) is 26.3 Å². The van der Waals surface area contributed by atoms with Gasteiger partial charge in [-0.1, -0.05) is 0 Å². The summed E-state index contributed by atoms with van der Waals surface area (Å²) in [5.41, 5.74) is 4.53. The van der Waals surface area contributed by atoms with Gasteiger partial charge in [-0.15, -0.1) is 0 Å². The molecule has 0 aromatic carbocycles. The molecule has 0 bridgehead atoms. The predicted octanol–water partition coefficient (Wildman–Crippen LogP) is -0.110. The van der Waals surface area contributed by atoms with Gasteiger partial charge < -0.3 is 16.2 Å². The van der Waals surface area contributed by atoms with E-state index in [1.807, 2.05) is 13.8 Å². The van der Waals surface area contributed by atoms with Gasteiger partial charge in [0.05, 0.1) is 12.7 Å². The van der Waals surface area contributed by atoms with Gasteiger partial charge >= 0.3 is 5.97 Å². The molecule has 2 heterocycles. The summed E-state index contributed by atoms with van der Waals surface area (Å²) in [7, 11) is 0. The lowest BCUT2D eigenvalue weighted by atomic mass is 10.0. The molecule has 0 aliphatic carbocycles. The van der Waals surface area contributed by atoms with E-state index in [4.69, 9.17) is 10.8 Å². The highest BCUT2D eigenvalue weighted by molar-refractivity contribution is 5.91. The van der Waals surface area contributed by atoms with E-state index in [9.17, 15) is 9.59 Å². The SMILES string of the molecule is CC(C)n1nccc1NC(=O)CN1CCC(N)(C(=O)O)C1. The van der Waals surface area contributed by atoms with Gasteiger partial charge in [-0.05, 0) is 20.3 Å². The van der Waals surface area contributed by atoms with Gasteiger partial charge in [-0.2, -0.15) is 5.10 Å². The van der Waals surface area contributed by atoms with E-state index in [0.717, 1.165) is 0 Å². The quantitative estimate of drug-likeness (QED) is 0.698. The molecule has 116 valence electrons. The number of hydrogen-bond acceptors (Lipinski definition) is 5. The Morgan fingerprint density at radius 3 is 2.86 bits per heavy atom. The highest BCUT2D eigenvalue weighted by atomic mass is 16.4. The van der Waals surface area contributed by atoms with Crippen LogP contribution >= 0.6 is 0 Å². The molecular formula is C13H21N5O3. The highest BCUT2D eigenvalue weighted by Gasteiger charge is 2.41. The Morgan fingerprint density at radius 2 is 2.29 bits per heavy atom. The average molecular weight is 295 g/mol. The van der Waals surface area contributed by atoms with Gasteiger partial charge in [0.25, 0.3) is 0 Å². The molecule has 0 spiro atoms. The number of nitrogens with zero attached hydrogens (tertiary/aromatic N) is 3. The minimum atomic E-state index is -1.25. The van der Waals surface area contributed by atoms with Crippen molar-refractivity contribution in [2.24, 2.45) is 5.73 Å². The zero-order chi connectivity index (χ0) is 15.6. The standard InChI is InChI=1S/C13H21N5O3/c1-9(2)18-10(3-5-15-18)16-11(19)7-17-6-4-13(14,8-17)12(20)21/h3,5,9H,4,6-8,14H2,1-2H3,(H,16,19)(H,20,21). The summed E-state index contributed by atoms with van der Waals surface area (Å²) in [5, 5.41) is 16.0. The van der Waals surface area contributed by atoms with Crippen LogP contribution in [0.3, 0.4) is 0 Å². The number of carboxylic acids is 1. The third kappa shape index (κ3) is 3.40. The molecule has 21 heavy (non-hydrogen) atoms. The third-order valence-corrected chi connectivity index (χ3v) is 3.60. The fraction of sp³-hybridized carbons (Fsp3) is 0.615. The monoisotopic (exact) mass is 295 g/mol. The summed E-state index contributed by atoms with van der Waals surface area (Å²) in [6.07, 6.45) is 1.97. The van der Waals surface area contributed by atoms with E-state index >= 15 is 0 Å². The second-order valence-corrected chi connectivity index (χ2v) is 5.72. The fourth-order valence-corrected chi connectivity index (χ4v) is 2.43. The first kappa shape index (κ1) is 15.5. The summed E-state index contributed by atoms with van der Waals surface area (Å²) in [6, 6.07) is 1.87. The summed E-state index contributed by atoms with van der Waals surface area (Å²) >= 11 is 0. The zero-order valence-corrected chi connectivity index (χ0v) is 12.2. The van der Waals surface area contributed by atoms with Crippen molar-refractivity contribution in [3.8, 4) is 0 Å². The molecule has 1 amide bonds. The molecule has 4 N–H and O–H groups in total. The number of carbonyl (C=O) groups excluding carboxylic acids is 1. The Bertz CT molecular complexity index is 542. The largest absolute Gasteiger partial charge is 0.480 e. The third-order valence-electron chi connectivity index (χ3n) is 3.60. The van der Waals surface area contributed by atoms with Gasteiger partial charge in [0, 0.05) is 25.2 Å². The molecule has 1 aliphatic rings. The van der Waals surface area contributed by atoms with Crippen molar-refractivity contribution >= 4 is 17.7 Å². The van der Waals surface area contributed by atoms with Crippen LogP contribution < -0.4 is 11.1 Å². The maximum Gasteiger partial charge on any atom is 0.325 e. The fourth-order valence-electron chi connectivity index (χ4n) is 2.43. The lowest BCUT2D eigenvalue weighted by Crippen LogP contribution is -2.50. The number of amides is 1. The summed E-state index contributed by atoms with van der Waals surface area (Å²) < 4.78 is 1.71. The van der Waals surface area contributed by atoms with E-state index in [2.05, 4.69) is 10.4 Å². The summed E-state index contributed by atoms with van der Waals surface area (Å²) in [6.45, 7) is 4.74. The zero-order valence-electron chi connectivity index (χ0n) is 12.2. The normalized spacial score (nSPS) is 22.7. The van der Waals surface area contributed by atoms with Gasteiger partial charge in [-0.3, -0.25) is 14.5 Å². The minimum absolute atomic E-state index is 0.121. The topological polar surface area (TPSA) is 113 Å². The Morgan fingerprint density at radius 1 is 1.57 bits per heavy atom. The molecular weight excluding hydrogens is 274 g/mol. The van der Waals surface area contributed by atoms with Crippen molar-refractivity contribution in [1.82, 2.24) is 14.7 Å². The van der Waals surface area contributed by atoms with Crippen LogP contribution in [-0.2, 0) is 9.59 Å². The molecule has 1 aliphatic heterocycles. The smallest absolute Gasteiger partial charge is 0.325 e. The number of likely N-dealkylation sites (tertiary alicyclic amines) is 1. The molecule has 1 atom stereocenters. The van der Waals surface area contributed by atoms with Crippen LogP contribution in [0.15, 0.2) is 12.3 Å². The van der Waals surface area contributed by atoms with Crippen LogP contribution in [0.2, 0.25) is 0 Å². The predicted molar refractivity (Wildman–Crippen MR) is 76.9 cm³/mol. The number of anilines is 1. The number of rotatable bonds is 5. The number of aromatic nitrogens is 2. The van der Waals surface area contributed by atoms with Crippen molar-refractivity contribution in [2.45, 2.75) is 31.8 Å². The van der Waals surface area contributed by atoms with Crippen LogP contribution in [0.4, 0.5) is 5.82 Å². The molecule has 1 aromatic heterocycles. The number of carbonyl (C=O) groups is 2. The molecule has 1 aromatic rings. The molecule has 0 saturated carbocycles. The van der Waals surface area contributed by atoms with Crippen LogP contribution in [0, 0.1) is 0 Å². The van der Waals surface area contributed by atoms with E-state index in [1.54, 1.807) is 21.8 Å². The lowest BCUT2D eigenvalue weighted by Gasteiger charge is -2.20. The molecule has 1 saturated heterocycles. The van der Waals surface area contributed by atoms with Crippen molar-refractivity contribution in [2.75, 3.05) is 25.0 Å². The molecule has 8 heteroatoms. The van der Waals surface area contributed by atoms with Crippen molar-refractivity contribution in [3.63, 3.8) is 0 Å². The van der Waals surface area contributed by atoms with Crippen molar-refractivity contribution < 1.29 is 14.7 Å². The maximum atomic E-state index is 12.0. The van der Waals surface area contributed by atoms with Gasteiger partial charge in [0.15, 0.2) is 0 Å². The minimum Gasteiger partial charge on any atom is -0.480 e. The van der Waals surface area contributed by atoms with Gasteiger partial charge in [-0.25, -0.2) is 4.68 Å². The van der Waals surface area contributed by atoms with Crippen LogP contribution in [0.5, 0.6) is 0 Å². The Balaban J connectivity index is 1.91. The van der Waals surface area contributed by atoms with E-state index < -0.39 is 11.5 Å². The number of carboxylic acid groups (broad SMARTS) is 1. The van der Waals surface area contributed by atoms with Crippen molar-refractivity contribution in [1.29, 1.82) is 0 Å². The van der Waals surface area contributed by atoms with Crippen LogP contribution in [-0.4, -0.2) is 56.8 Å². The number of hydrogen-bond donors (Lipinski definition) is 3. The summed E-state index contributed by atoms with van der Waals surface area (Å²) in [4.78, 5) is 24.9. The summed E-state index contributed by atoms with van der Waals surface area (Å²) in [5.74, 6) is -0.596. The molecule has 2 rings (SSSR count). The Kier molecular flexibility index (Phi) is 4.29. The highest BCUT2D eigenvalue weighted by Crippen LogP contribution is 2.19. The first-order valence-electron chi connectivity index (χ1n) is 6.90. The van der Waals surface area contributed by atoms with E-state index in [0.29, 0.717) is 18.8 Å². The van der Waals surface area contributed by atoms with E-state index in [-0.39, 0.29) is 25.0 Å². The molecule has 1 fully saturated rings. The van der Waals surface area contributed by atoms with Gasteiger partial charge in [0.2, 0.25) is 5.91 Å². The first-order chi connectivity index (χ1) is 9.82. The second-order valence-electron chi connectivity index (χ2n) is 5.72. The molecule has 1 unspecified atom stereocenters. The van der Waals surface area contributed by atoms with Gasteiger partial charge in [0.1, 0.15) is 11.4 Å². The number of aliphatic carboxylic acids is 1. The van der Waals surface area contributed by atoms with Crippen LogP contribution in [0.25, 0.3) is 0 Å². The van der Waals surface area contributed by atoms with Crippen molar-refractivity contribution in [3.05, 3.63) is 12.3 Å². The second kappa shape index (κ2) is 5.82. The molecule has 0 radical (unpaired) electrons. The average Bonchev–Trinajstić information content (AvgIpc) is 2.97. The van der Waals surface area contributed by atoms with E-state index in [1.165, 1.54) is 0 Å².